The number of fused-ring (bicyclic) bond motifs is 1. The molecule has 2 aromatic carbocycles. The van der Waals surface area contributed by atoms with Gasteiger partial charge in [-0.15, -0.1) is 0 Å². The fraction of sp³-hybridized carbons (Fsp3) is 0.333. The topological polar surface area (TPSA) is 130 Å². The number of benzene rings is 2. The molecule has 2 atom stereocenters. The first kappa shape index (κ1) is 23.1. The van der Waals surface area contributed by atoms with Gasteiger partial charge in [-0.1, -0.05) is 32.0 Å². The number of para-hydroxylation sites is 1. The van der Waals surface area contributed by atoms with Crippen molar-refractivity contribution in [1.29, 1.82) is 0 Å². The van der Waals surface area contributed by atoms with Crippen molar-refractivity contribution in [2.24, 2.45) is 11.8 Å². The van der Waals surface area contributed by atoms with E-state index in [1.807, 2.05) is 0 Å². The molecule has 0 aliphatic carbocycles. The minimum absolute atomic E-state index is 0.115. The summed E-state index contributed by atoms with van der Waals surface area (Å²) in [4.78, 5) is 64.3. The van der Waals surface area contributed by atoms with Crippen LogP contribution in [0.1, 0.15) is 51.3 Å². The van der Waals surface area contributed by atoms with Gasteiger partial charge < -0.3 is 10.2 Å². The minimum Gasteiger partial charge on any atom is -0.338 e. The maximum Gasteiger partial charge on any atom is 0.282 e. The van der Waals surface area contributed by atoms with Crippen LogP contribution in [0.4, 0.5) is 11.4 Å². The Hall–Kier alpha value is -4.08. The third kappa shape index (κ3) is 4.26. The van der Waals surface area contributed by atoms with E-state index in [1.165, 1.54) is 12.1 Å². The van der Waals surface area contributed by atoms with Gasteiger partial charge in [0, 0.05) is 19.2 Å². The van der Waals surface area contributed by atoms with E-state index in [0.29, 0.717) is 35.4 Å². The van der Waals surface area contributed by atoms with E-state index in [4.69, 9.17) is 0 Å². The number of nitrogens with one attached hydrogen (secondary N) is 1. The Labute approximate surface area is 195 Å². The predicted molar refractivity (Wildman–Crippen MR) is 122 cm³/mol. The predicted octanol–water partition coefficient (Wildman–Crippen LogP) is 2.95. The van der Waals surface area contributed by atoms with Gasteiger partial charge in [0.05, 0.1) is 21.7 Å². The standard InChI is InChI=1S/C24H24N4O6/c1-14-10-15(2)12-26(11-14)22(30)16-6-3-4-8-18(16)25-20(29)13-27-23(31)17-7-5-9-19(28(33)34)21(17)24(27)32/h3-9,14-15H,10-13H2,1-2H3,(H,25,29). The quantitative estimate of drug-likeness (QED) is 0.411. The Balaban J connectivity index is 1.51. The van der Waals surface area contributed by atoms with Gasteiger partial charge in [0.2, 0.25) is 5.91 Å². The third-order valence-corrected chi connectivity index (χ3v) is 6.06. The number of nitro benzene ring substituents is 1. The number of carbonyl (C=O) groups is 4. The average Bonchev–Trinajstić information content (AvgIpc) is 3.03. The molecule has 0 radical (unpaired) electrons. The molecule has 4 amide bonds. The van der Waals surface area contributed by atoms with Crippen LogP contribution in [0.15, 0.2) is 42.5 Å². The first-order chi connectivity index (χ1) is 16.2. The molecule has 1 N–H and O–H groups in total. The fourth-order valence-corrected chi connectivity index (χ4v) is 4.72. The summed E-state index contributed by atoms with van der Waals surface area (Å²) in [7, 11) is 0. The van der Waals surface area contributed by atoms with Gasteiger partial charge in [-0.05, 0) is 36.5 Å². The molecular formula is C24H24N4O6. The molecule has 2 aliphatic heterocycles. The highest BCUT2D eigenvalue weighted by Crippen LogP contribution is 2.31. The van der Waals surface area contributed by atoms with E-state index >= 15 is 0 Å². The molecule has 10 heteroatoms. The number of hydrogen-bond acceptors (Lipinski definition) is 6. The highest BCUT2D eigenvalue weighted by molar-refractivity contribution is 6.24. The van der Waals surface area contributed by atoms with E-state index in [1.54, 1.807) is 29.2 Å². The number of hydrogen-bond donors (Lipinski definition) is 1. The monoisotopic (exact) mass is 464 g/mol. The zero-order valence-corrected chi connectivity index (χ0v) is 18.8. The summed E-state index contributed by atoms with van der Waals surface area (Å²) in [6, 6.07) is 10.3. The lowest BCUT2D eigenvalue weighted by atomic mass is 9.91. The molecule has 34 heavy (non-hydrogen) atoms. The summed E-state index contributed by atoms with van der Waals surface area (Å²) in [6.07, 6.45) is 1.04. The summed E-state index contributed by atoms with van der Waals surface area (Å²) < 4.78 is 0. The number of nitrogens with zero attached hydrogens (tertiary/aromatic N) is 3. The van der Waals surface area contributed by atoms with E-state index in [9.17, 15) is 29.3 Å². The second kappa shape index (κ2) is 9.05. The highest BCUT2D eigenvalue weighted by atomic mass is 16.6. The number of nitro groups is 1. The summed E-state index contributed by atoms with van der Waals surface area (Å²) in [6.45, 7) is 4.80. The summed E-state index contributed by atoms with van der Waals surface area (Å²) in [5.41, 5.74) is -0.342. The molecule has 0 aromatic heterocycles. The molecule has 0 bridgehead atoms. The third-order valence-electron chi connectivity index (χ3n) is 6.06. The molecule has 4 rings (SSSR count). The van der Waals surface area contributed by atoms with Crippen LogP contribution >= 0.6 is 0 Å². The van der Waals surface area contributed by atoms with E-state index < -0.39 is 34.9 Å². The smallest absolute Gasteiger partial charge is 0.282 e. The number of amides is 4. The zero-order valence-electron chi connectivity index (χ0n) is 18.8. The van der Waals surface area contributed by atoms with Crippen molar-refractivity contribution in [2.45, 2.75) is 20.3 Å². The Morgan fingerprint density at radius 1 is 1.03 bits per heavy atom. The van der Waals surface area contributed by atoms with Crippen molar-refractivity contribution >= 4 is 35.0 Å². The van der Waals surface area contributed by atoms with Crippen molar-refractivity contribution in [3.05, 3.63) is 69.3 Å². The van der Waals surface area contributed by atoms with Crippen molar-refractivity contribution in [1.82, 2.24) is 9.80 Å². The number of piperidine rings is 1. The van der Waals surface area contributed by atoms with Crippen LogP contribution in [0.3, 0.4) is 0 Å². The lowest BCUT2D eigenvalue weighted by Gasteiger charge is -2.35. The molecule has 2 aliphatic rings. The van der Waals surface area contributed by atoms with Crippen LogP contribution in [0.5, 0.6) is 0 Å². The Morgan fingerprint density at radius 3 is 2.38 bits per heavy atom. The molecule has 0 spiro atoms. The number of anilines is 1. The molecule has 2 aromatic rings. The van der Waals surface area contributed by atoms with Crippen molar-refractivity contribution in [3.8, 4) is 0 Å². The molecule has 0 saturated carbocycles. The maximum absolute atomic E-state index is 13.2. The van der Waals surface area contributed by atoms with Gasteiger partial charge in [0.1, 0.15) is 12.1 Å². The number of imide groups is 1. The SMILES string of the molecule is CC1CC(C)CN(C(=O)c2ccccc2NC(=O)CN2C(=O)c3cccc([N+](=O)[O-])c3C2=O)C1. The summed E-state index contributed by atoms with van der Waals surface area (Å²) >= 11 is 0. The molecule has 1 fully saturated rings. The van der Waals surface area contributed by atoms with Gasteiger partial charge in [-0.3, -0.25) is 34.2 Å². The van der Waals surface area contributed by atoms with E-state index in [0.717, 1.165) is 12.5 Å². The van der Waals surface area contributed by atoms with Gasteiger partial charge >= 0.3 is 0 Å². The van der Waals surface area contributed by atoms with E-state index in [-0.39, 0.29) is 22.7 Å². The molecule has 1 saturated heterocycles. The molecule has 2 heterocycles. The largest absolute Gasteiger partial charge is 0.338 e. The Morgan fingerprint density at radius 2 is 1.71 bits per heavy atom. The highest BCUT2D eigenvalue weighted by Gasteiger charge is 2.41. The van der Waals surface area contributed by atoms with Crippen molar-refractivity contribution in [2.75, 3.05) is 25.0 Å². The van der Waals surface area contributed by atoms with Gasteiger partial charge in [0.25, 0.3) is 23.4 Å². The average molecular weight is 464 g/mol. The molecular weight excluding hydrogens is 440 g/mol. The van der Waals surface area contributed by atoms with E-state index in [2.05, 4.69) is 19.2 Å². The lowest BCUT2D eigenvalue weighted by Crippen LogP contribution is -2.43. The number of likely N-dealkylation sites (tertiary alicyclic amines) is 1. The number of rotatable bonds is 5. The normalized spacial score (nSPS) is 19.7. The lowest BCUT2D eigenvalue weighted by molar-refractivity contribution is -0.385. The van der Waals surface area contributed by atoms with Crippen molar-refractivity contribution < 1.29 is 24.1 Å². The first-order valence-corrected chi connectivity index (χ1v) is 11.0. The summed E-state index contributed by atoms with van der Waals surface area (Å²) in [5.74, 6) is -1.84. The zero-order chi connectivity index (χ0) is 24.6. The molecule has 2 unspecified atom stereocenters. The second-order valence-electron chi connectivity index (χ2n) is 8.90. The molecule has 10 nitrogen and oxygen atoms in total. The molecule has 176 valence electrons. The number of carbonyl (C=O) groups excluding carboxylic acids is 4. The summed E-state index contributed by atoms with van der Waals surface area (Å²) in [5, 5.41) is 13.9. The Bertz CT molecular complexity index is 1200. The van der Waals surface area contributed by atoms with Gasteiger partial charge in [-0.25, -0.2) is 0 Å². The second-order valence-corrected chi connectivity index (χ2v) is 8.90. The Kier molecular flexibility index (Phi) is 6.14. The van der Waals surface area contributed by atoms with Gasteiger partial charge in [0.15, 0.2) is 0 Å². The fourth-order valence-electron chi connectivity index (χ4n) is 4.72. The van der Waals surface area contributed by atoms with Gasteiger partial charge in [-0.2, -0.15) is 0 Å². The van der Waals surface area contributed by atoms with Crippen LogP contribution in [-0.4, -0.2) is 58.0 Å². The van der Waals surface area contributed by atoms with Crippen LogP contribution < -0.4 is 5.32 Å². The van der Waals surface area contributed by atoms with Crippen LogP contribution in [0.25, 0.3) is 0 Å². The first-order valence-electron chi connectivity index (χ1n) is 11.0. The van der Waals surface area contributed by atoms with Crippen LogP contribution in [0, 0.1) is 22.0 Å². The maximum atomic E-state index is 13.2. The van der Waals surface area contributed by atoms with Crippen molar-refractivity contribution in [3.63, 3.8) is 0 Å². The van der Waals surface area contributed by atoms with Crippen LogP contribution in [0.2, 0.25) is 0 Å². The van der Waals surface area contributed by atoms with Crippen LogP contribution in [-0.2, 0) is 4.79 Å². The minimum atomic E-state index is -0.900.